The number of fused-ring (bicyclic) bond motifs is 1. The van der Waals surface area contributed by atoms with Crippen molar-refractivity contribution in [1.82, 2.24) is 0 Å². The second-order valence-corrected chi connectivity index (χ2v) is 8.67. The second-order valence-electron chi connectivity index (χ2n) is 8.67. The number of carboxylic acid groups (broad SMARTS) is 2. The number of aromatic carboxylic acids is 2. The van der Waals surface area contributed by atoms with E-state index in [4.69, 9.17) is 0 Å². The van der Waals surface area contributed by atoms with Crippen LogP contribution in [0.25, 0.3) is 0 Å². The van der Waals surface area contributed by atoms with Crippen molar-refractivity contribution in [2.75, 3.05) is 10.2 Å². The zero-order valence-electron chi connectivity index (χ0n) is 19.6. The molecule has 0 aromatic heterocycles. The van der Waals surface area contributed by atoms with Gasteiger partial charge >= 0.3 is 24.3 Å². The van der Waals surface area contributed by atoms with Gasteiger partial charge in [-0.25, -0.2) is 9.59 Å². The summed E-state index contributed by atoms with van der Waals surface area (Å²) >= 11 is 0. The fourth-order valence-corrected chi connectivity index (χ4v) is 4.47. The van der Waals surface area contributed by atoms with Gasteiger partial charge in [0, 0.05) is 18.7 Å². The van der Waals surface area contributed by atoms with Gasteiger partial charge in [-0.05, 0) is 41.5 Å². The minimum atomic E-state index is -5.13. The highest BCUT2D eigenvalue weighted by molar-refractivity contribution is 6.09. The number of carbonyl (C=O) groups excluding carboxylic acids is 1. The Labute approximate surface area is 216 Å². The zero-order valence-corrected chi connectivity index (χ0v) is 19.6. The first-order valence-corrected chi connectivity index (χ1v) is 11.2. The largest absolute Gasteiger partial charge is 0.478 e. The van der Waals surface area contributed by atoms with Crippen molar-refractivity contribution in [3.05, 3.63) is 94.0 Å². The van der Waals surface area contributed by atoms with Gasteiger partial charge < -0.3 is 20.4 Å². The molecule has 1 aliphatic heterocycles. The molecule has 7 nitrogen and oxygen atoms in total. The van der Waals surface area contributed by atoms with Crippen LogP contribution in [0.1, 0.15) is 43.0 Å². The van der Waals surface area contributed by atoms with Crippen molar-refractivity contribution in [2.45, 2.75) is 31.4 Å². The van der Waals surface area contributed by atoms with E-state index < -0.39 is 76.3 Å². The van der Waals surface area contributed by atoms with Gasteiger partial charge in [-0.15, -0.1) is 0 Å². The van der Waals surface area contributed by atoms with Crippen molar-refractivity contribution in [2.24, 2.45) is 0 Å². The molecule has 0 saturated carbocycles. The molecule has 1 aliphatic rings. The first-order chi connectivity index (χ1) is 18.2. The third kappa shape index (κ3) is 5.52. The van der Waals surface area contributed by atoms with Crippen molar-refractivity contribution in [3.63, 3.8) is 0 Å². The average Bonchev–Trinajstić information content (AvgIpc) is 3.21. The van der Waals surface area contributed by atoms with Crippen LogP contribution in [0.5, 0.6) is 0 Å². The highest BCUT2D eigenvalue weighted by Gasteiger charge is 2.41. The summed E-state index contributed by atoms with van der Waals surface area (Å²) < 4.78 is 80.8. The quantitative estimate of drug-likeness (QED) is 0.339. The average molecular weight is 552 g/mol. The normalized spacial score (nSPS) is 15.1. The Balaban J connectivity index is 1.75. The van der Waals surface area contributed by atoms with E-state index in [1.807, 2.05) is 0 Å². The van der Waals surface area contributed by atoms with Gasteiger partial charge in [0.05, 0.1) is 27.9 Å². The van der Waals surface area contributed by atoms with E-state index in [9.17, 15) is 50.9 Å². The maximum atomic E-state index is 13.8. The van der Waals surface area contributed by atoms with E-state index in [-0.39, 0.29) is 12.5 Å². The number of benzene rings is 3. The van der Waals surface area contributed by atoms with Crippen LogP contribution in [0.4, 0.5) is 37.7 Å². The van der Waals surface area contributed by atoms with E-state index >= 15 is 0 Å². The number of alkyl halides is 6. The summed E-state index contributed by atoms with van der Waals surface area (Å²) in [6, 6.07) is 9.62. The van der Waals surface area contributed by atoms with Gasteiger partial charge in [0.1, 0.15) is 6.04 Å². The minimum absolute atomic E-state index is 0.00856. The van der Waals surface area contributed by atoms with Crippen molar-refractivity contribution < 1.29 is 50.9 Å². The summed E-state index contributed by atoms with van der Waals surface area (Å²) in [5.74, 6) is -3.97. The summed E-state index contributed by atoms with van der Waals surface area (Å²) in [5, 5.41) is 21.3. The Kier molecular flexibility index (Phi) is 7.02. The number of anilines is 2. The van der Waals surface area contributed by atoms with Crippen LogP contribution in [0.2, 0.25) is 0 Å². The standard InChI is InChI=1S/C26H18F6N2O5/c27-25(28,29)15-9-8-14(18(11-15)26(30,31)32)12-34-19-7-2-1-4-13(19)10-20(34)22(35)33-21-16(23(36)37)5-3-6-17(21)24(38)39/h1-9,11,20H,10,12H2,(H,33,35)(H,36,37)(H,38,39). The summed E-state index contributed by atoms with van der Waals surface area (Å²) in [4.78, 5) is 38.0. The first kappa shape index (κ1) is 27.5. The fraction of sp³-hybridized carbons (Fsp3) is 0.192. The molecule has 3 aromatic rings. The summed E-state index contributed by atoms with van der Waals surface area (Å²) in [7, 11) is 0. The Morgan fingerprint density at radius 2 is 1.46 bits per heavy atom. The third-order valence-electron chi connectivity index (χ3n) is 6.25. The molecule has 1 atom stereocenters. The maximum absolute atomic E-state index is 13.8. The summed E-state index contributed by atoms with van der Waals surface area (Å²) in [5.41, 5.74) is -4.20. The fourth-order valence-electron chi connectivity index (χ4n) is 4.47. The van der Waals surface area contributed by atoms with Crippen LogP contribution < -0.4 is 10.2 Å². The molecule has 1 unspecified atom stereocenters. The van der Waals surface area contributed by atoms with Crippen LogP contribution in [-0.4, -0.2) is 34.1 Å². The van der Waals surface area contributed by atoms with Gasteiger partial charge in [-0.3, -0.25) is 4.79 Å². The number of rotatable bonds is 6. The molecule has 0 spiro atoms. The van der Waals surface area contributed by atoms with Crippen molar-refractivity contribution >= 4 is 29.2 Å². The Bertz CT molecular complexity index is 1440. The molecule has 0 bridgehead atoms. The zero-order chi connectivity index (χ0) is 28.7. The number of amides is 1. The van der Waals surface area contributed by atoms with Crippen molar-refractivity contribution in [1.29, 1.82) is 0 Å². The molecule has 39 heavy (non-hydrogen) atoms. The maximum Gasteiger partial charge on any atom is 0.416 e. The Morgan fingerprint density at radius 1 is 0.846 bits per heavy atom. The van der Waals surface area contributed by atoms with E-state index in [1.54, 1.807) is 18.2 Å². The molecule has 0 fully saturated rings. The van der Waals surface area contributed by atoms with Crippen LogP contribution in [-0.2, 0) is 30.1 Å². The SMILES string of the molecule is O=C(O)c1cccc(C(=O)O)c1NC(=O)C1Cc2ccccc2N1Cc1ccc(C(F)(F)F)cc1C(F)(F)F. The molecule has 3 aromatic carbocycles. The lowest BCUT2D eigenvalue weighted by Gasteiger charge is -2.29. The van der Waals surface area contributed by atoms with E-state index in [1.165, 1.54) is 17.0 Å². The number of hydrogen-bond donors (Lipinski definition) is 3. The molecule has 3 N–H and O–H groups in total. The van der Waals surface area contributed by atoms with E-state index in [0.717, 1.165) is 12.1 Å². The minimum Gasteiger partial charge on any atom is -0.478 e. The Hall–Kier alpha value is -4.55. The molecule has 1 amide bonds. The molecule has 0 radical (unpaired) electrons. The number of nitrogens with one attached hydrogen (secondary N) is 1. The van der Waals surface area contributed by atoms with Gasteiger partial charge in [0.25, 0.3) is 0 Å². The number of para-hydroxylation sites is 2. The number of carbonyl (C=O) groups is 3. The lowest BCUT2D eigenvalue weighted by atomic mass is 10.0. The van der Waals surface area contributed by atoms with Gasteiger partial charge in [0.15, 0.2) is 0 Å². The van der Waals surface area contributed by atoms with Crippen LogP contribution in [0.15, 0.2) is 60.7 Å². The second kappa shape index (κ2) is 9.97. The molecule has 0 aliphatic carbocycles. The van der Waals surface area contributed by atoms with E-state index in [2.05, 4.69) is 5.32 Å². The third-order valence-corrected chi connectivity index (χ3v) is 6.25. The number of nitrogens with zero attached hydrogens (tertiary/aromatic N) is 1. The molecule has 0 saturated heterocycles. The predicted octanol–water partition coefficient (Wildman–Crippen LogP) is 5.69. The summed E-state index contributed by atoms with van der Waals surface area (Å²) in [6.07, 6.45) is -10.2. The number of halogens is 6. The number of carboxylic acids is 2. The first-order valence-electron chi connectivity index (χ1n) is 11.2. The molecular weight excluding hydrogens is 534 g/mol. The summed E-state index contributed by atoms with van der Waals surface area (Å²) in [6.45, 7) is -0.617. The molecule has 13 heteroatoms. The lowest BCUT2D eigenvalue weighted by molar-refractivity contribution is -0.143. The number of hydrogen-bond acceptors (Lipinski definition) is 4. The highest BCUT2D eigenvalue weighted by atomic mass is 19.4. The highest BCUT2D eigenvalue weighted by Crippen LogP contribution is 2.40. The Morgan fingerprint density at radius 3 is 2.03 bits per heavy atom. The van der Waals surface area contributed by atoms with Crippen molar-refractivity contribution in [3.8, 4) is 0 Å². The monoisotopic (exact) mass is 552 g/mol. The topological polar surface area (TPSA) is 107 Å². The molecular formula is C26H18F6N2O5. The van der Waals surface area contributed by atoms with Gasteiger partial charge in [0.2, 0.25) is 5.91 Å². The van der Waals surface area contributed by atoms with Gasteiger partial charge in [-0.1, -0.05) is 30.3 Å². The molecule has 1 heterocycles. The van der Waals surface area contributed by atoms with Crippen LogP contribution >= 0.6 is 0 Å². The van der Waals surface area contributed by atoms with E-state index in [0.29, 0.717) is 23.4 Å². The predicted molar refractivity (Wildman–Crippen MR) is 126 cm³/mol. The lowest BCUT2D eigenvalue weighted by Crippen LogP contribution is -2.42. The van der Waals surface area contributed by atoms with Crippen LogP contribution in [0, 0.1) is 0 Å². The molecule has 4 rings (SSSR count). The van der Waals surface area contributed by atoms with Gasteiger partial charge in [-0.2, -0.15) is 26.3 Å². The smallest absolute Gasteiger partial charge is 0.416 e. The van der Waals surface area contributed by atoms with Crippen LogP contribution in [0.3, 0.4) is 0 Å². The molecule has 204 valence electrons.